The minimum absolute atomic E-state index is 0. The lowest BCUT2D eigenvalue weighted by molar-refractivity contribution is 0.394. The van der Waals surface area contributed by atoms with Crippen molar-refractivity contribution in [3.05, 3.63) is 0 Å². The van der Waals surface area contributed by atoms with E-state index in [0.29, 0.717) is 11.8 Å². The number of nitrogens with zero attached hydrogens (tertiary/aromatic N) is 1. The Morgan fingerprint density at radius 2 is 2.27 bits per heavy atom. The molecule has 0 amide bonds. The molecule has 1 fully saturated rings. The summed E-state index contributed by atoms with van der Waals surface area (Å²) in [6, 6.07) is -0.0799. The first kappa shape index (κ1) is 8.78. The van der Waals surface area contributed by atoms with Crippen molar-refractivity contribution in [2.75, 3.05) is 0 Å². The number of rotatable bonds is 0. The standard InChI is InChI=1S/C7H11FN2.ClH/c1-3-2-4(9)10-7-5(3)6(7)8;/h3,5-7H,2H2,1H3,(H2,9,10);1H/t3?,5-,6?,7-;/m0./s1. The zero-order valence-electron chi connectivity index (χ0n) is 6.33. The van der Waals surface area contributed by atoms with Gasteiger partial charge in [-0.3, -0.25) is 4.99 Å². The highest BCUT2D eigenvalue weighted by atomic mass is 35.5. The van der Waals surface area contributed by atoms with E-state index in [0.717, 1.165) is 6.42 Å². The van der Waals surface area contributed by atoms with E-state index in [-0.39, 0.29) is 24.4 Å². The van der Waals surface area contributed by atoms with Gasteiger partial charge in [-0.1, -0.05) is 6.92 Å². The van der Waals surface area contributed by atoms with Gasteiger partial charge in [0.1, 0.15) is 6.17 Å². The quantitative estimate of drug-likeness (QED) is 0.594. The van der Waals surface area contributed by atoms with Gasteiger partial charge in [0.2, 0.25) is 0 Å². The molecular weight excluding hydrogens is 167 g/mol. The first-order chi connectivity index (χ1) is 4.70. The van der Waals surface area contributed by atoms with Gasteiger partial charge in [-0.15, -0.1) is 12.4 Å². The Kier molecular flexibility index (Phi) is 2.10. The third kappa shape index (κ3) is 1.22. The van der Waals surface area contributed by atoms with Crippen LogP contribution >= 0.6 is 12.4 Å². The number of fused-ring (bicyclic) bond motifs is 1. The molecule has 1 heterocycles. The molecule has 4 atom stereocenters. The SMILES string of the molecule is CC1CC(N)=N[C@@H]2C(F)[C@H]12.Cl. The van der Waals surface area contributed by atoms with Crippen LogP contribution in [0.2, 0.25) is 0 Å². The third-order valence-corrected chi connectivity index (χ3v) is 2.45. The summed E-state index contributed by atoms with van der Waals surface area (Å²) in [4.78, 5) is 4.01. The van der Waals surface area contributed by atoms with Gasteiger partial charge in [0.15, 0.2) is 0 Å². The van der Waals surface area contributed by atoms with E-state index >= 15 is 0 Å². The molecule has 64 valence electrons. The summed E-state index contributed by atoms with van der Waals surface area (Å²) in [5, 5.41) is 0. The molecule has 2 unspecified atom stereocenters. The summed E-state index contributed by atoms with van der Waals surface area (Å²) in [6.07, 6.45) is 0.0812. The third-order valence-electron chi connectivity index (χ3n) is 2.45. The normalized spacial score (nSPS) is 46.9. The molecule has 0 radical (unpaired) electrons. The van der Waals surface area contributed by atoms with Gasteiger partial charge in [0.25, 0.3) is 0 Å². The van der Waals surface area contributed by atoms with Gasteiger partial charge in [0, 0.05) is 12.3 Å². The Morgan fingerprint density at radius 3 is 2.82 bits per heavy atom. The molecule has 0 bridgehead atoms. The maximum absolute atomic E-state index is 12.7. The molecule has 1 aliphatic carbocycles. The molecule has 2 N–H and O–H groups in total. The highest BCUT2D eigenvalue weighted by Crippen LogP contribution is 2.47. The van der Waals surface area contributed by atoms with Gasteiger partial charge in [0.05, 0.1) is 11.9 Å². The van der Waals surface area contributed by atoms with Crippen LogP contribution in [0.4, 0.5) is 4.39 Å². The molecule has 2 rings (SSSR count). The monoisotopic (exact) mass is 178 g/mol. The lowest BCUT2D eigenvalue weighted by Crippen LogP contribution is -2.22. The average Bonchev–Trinajstić information content (AvgIpc) is 2.42. The second-order valence-electron chi connectivity index (χ2n) is 3.31. The van der Waals surface area contributed by atoms with Gasteiger partial charge in [-0.05, 0) is 5.92 Å². The molecule has 4 heteroatoms. The number of nitrogens with two attached hydrogens (primary N) is 1. The first-order valence-electron chi connectivity index (χ1n) is 3.66. The zero-order chi connectivity index (χ0) is 7.30. The fraction of sp³-hybridized carbons (Fsp3) is 0.857. The molecule has 2 aliphatic rings. The molecular formula is C7H12ClFN2. The largest absolute Gasteiger partial charge is 0.387 e. The van der Waals surface area contributed by atoms with Crippen LogP contribution in [-0.4, -0.2) is 18.0 Å². The molecule has 0 aromatic carbocycles. The lowest BCUT2D eigenvalue weighted by Gasteiger charge is -2.12. The minimum atomic E-state index is -0.698. The van der Waals surface area contributed by atoms with Crippen LogP contribution in [0, 0.1) is 11.8 Å². The van der Waals surface area contributed by atoms with Crippen LogP contribution in [0.3, 0.4) is 0 Å². The van der Waals surface area contributed by atoms with Crippen molar-refractivity contribution in [2.45, 2.75) is 25.6 Å². The van der Waals surface area contributed by atoms with Crippen LogP contribution in [0.1, 0.15) is 13.3 Å². The van der Waals surface area contributed by atoms with Crippen molar-refractivity contribution in [2.24, 2.45) is 22.6 Å². The van der Waals surface area contributed by atoms with Crippen molar-refractivity contribution in [1.82, 2.24) is 0 Å². The smallest absolute Gasteiger partial charge is 0.128 e. The fourth-order valence-electron chi connectivity index (χ4n) is 1.80. The minimum Gasteiger partial charge on any atom is -0.387 e. The predicted molar refractivity (Wildman–Crippen MR) is 44.8 cm³/mol. The summed E-state index contributed by atoms with van der Waals surface area (Å²) in [5.74, 6) is 1.22. The van der Waals surface area contributed by atoms with Crippen molar-refractivity contribution in [3.63, 3.8) is 0 Å². The van der Waals surface area contributed by atoms with Crippen LogP contribution in [0.15, 0.2) is 4.99 Å². The Hall–Kier alpha value is -0.310. The van der Waals surface area contributed by atoms with Gasteiger partial charge < -0.3 is 5.73 Å². The Balaban J connectivity index is 0.000000605. The first-order valence-corrected chi connectivity index (χ1v) is 3.66. The number of amidine groups is 1. The van der Waals surface area contributed by atoms with E-state index < -0.39 is 6.17 Å². The summed E-state index contributed by atoms with van der Waals surface area (Å²) >= 11 is 0. The van der Waals surface area contributed by atoms with E-state index in [1.165, 1.54) is 0 Å². The van der Waals surface area contributed by atoms with Crippen LogP contribution in [0.25, 0.3) is 0 Å². The van der Waals surface area contributed by atoms with E-state index in [1.807, 2.05) is 6.92 Å². The van der Waals surface area contributed by atoms with Gasteiger partial charge in [-0.2, -0.15) is 0 Å². The van der Waals surface area contributed by atoms with Crippen LogP contribution < -0.4 is 5.73 Å². The van der Waals surface area contributed by atoms with Gasteiger partial charge >= 0.3 is 0 Å². The number of aliphatic imine (C=N–C) groups is 1. The molecule has 1 saturated carbocycles. The Bertz CT molecular complexity index is 195. The van der Waals surface area contributed by atoms with E-state index in [9.17, 15) is 4.39 Å². The molecule has 0 spiro atoms. The number of hydrogen-bond donors (Lipinski definition) is 1. The number of alkyl halides is 1. The summed E-state index contributed by atoms with van der Waals surface area (Å²) in [7, 11) is 0. The van der Waals surface area contributed by atoms with E-state index in [4.69, 9.17) is 5.73 Å². The number of halogens is 2. The molecule has 11 heavy (non-hydrogen) atoms. The number of hydrogen-bond acceptors (Lipinski definition) is 2. The fourth-order valence-corrected chi connectivity index (χ4v) is 1.80. The van der Waals surface area contributed by atoms with Crippen molar-refractivity contribution >= 4 is 18.2 Å². The Morgan fingerprint density at radius 1 is 1.64 bits per heavy atom. The lowest BCUT2D eigenvalue weighted by atomic mass is 9.99. The van der Waals surface area contributed by atoms with Crippen molar-refractivity contribution in [3.8, 4) is 0 Å². The highest BCUT2D eigenvalue weighted by molar-refractivity contribution is 5.85. The Labute approximate surface area is 71.5 Å². The molecule has 0 aromatic heterocycles. The average molecular weight is 179 g/mol. The molecule has 1 aliphatic heterocycles. The maximum atomic E-state index is 12.7. The maximum Gasteiger partial charge on any atom is 0.128 e. The predicted octanol–water partition coefficient (Wildman–Crippen LogP) is 1.14. The summed E-state index contributed by atoms with van der Waals surface area (Å²) < 4.78 is 12.7. The summed E-state index contributed by atoms with van der Waals surface area (Å²) in [5.41, 5.74) is 5.49. The van der Waals surface area contributed by atoms with Crippen LogP contribution in [-0.2, 0) is 0 Å². The zero-order valence-corrected chi connectivity index (χ0v) is 7.14. The molecule has 0 aromatic rings. The second-order valence-corrected chi connectivity index (χ2v) is 3.31. The molecule has 0 saturated heterocycles. The van der Waals surface area contributed by atoms with Crippen LogP contribution in [0.5, 0.6) is 0 Å². The second kappa shape index (κ2) is 2.63. The van der Waals surface area contributed by atoms with Crippen molar-refractivity contribution in [1.29, 1.82) is 0 Å². The summed E-state index contributed by atoms with van der Waals surface area (Å²) in [6.45, 7) is 2.04. The van der Waals surface area contributed by atoms with E-state index in [2.05, 4.69) is 4.99 Å². The molecule has 2 nitrogen and oxygen atoms in total. The topological polar surface area (TPSA) is 38.4 Å². The van der Waals surface area contributed by atoms with Gasteiger partial charge in [-0.25, -0.2) is 4.39 Å². The van der Waals surface area contributed by atoms with E-state index in [1.54, 1.807) is 0 Å². The van der Waals surface area contributed by atoms with Crippen molar-refractivity contribution < 1.29 is 4.39 Å². The highest BCUT2D eigenvalue weighted by Gasteiger charge is 2.56.